The molecule has 3 rings (SSSR count). The monoisotopic (exact) mass is 277 g/mol. The van der Waals surface area contributed by atoms with Gasteiger partial charge in [-0.3, -0.25) is 0 Å². The molecule has 1 aromatic heterocycles. The third-order valence-corrected chi connectivity index (χ3v) is 4.66. The minimum absolute atomic E-state index is 0.169. The van der Waals surface area contributed by atoms with Crippen molar-refractivity contribution in [3.8, 4) is 0 Å². The van der Waals surface area contributed by atoms with E-state index >= 15 is 0 Å². The molecule has 0 aliphatic carbocycles. The van der Waals surface area contributed by atoms with Crippen LogP contribution in [0.4, 0.5) is 0 Å². The molecule has 5 nitrogen and oxygen atoms in total. The largest absolute Gasteiger partial charge is 0.332 e. The minimum Gasteiger partial charge on any atom is -0.332 e. The van der Waals surface area contributed by atoms with Gasteiger partial charge < -0.3 is 4.57 Å². The van der Waals surface area contributed by atoms with E-state index in [0.717, 1.165) is 11.4 Å². The summed E-state index contributed by atoms with van der Waals surface area (Å²) in [4.78, 5) is 4.21. The highest BCUT2D eigenvalue weighted by Crippen LogP contribution is 2.30. The molecule has 1 aliphatic heterocycles. The van der Waals surface area contributed by atoms with Gasteiger partial charge in [0, 0.05) is 18.9 Å². The van der Waals surface area contributed by atoms with Gasteiger partial charge in [-0.25, -0.2) is 13.4 Å². The highest BCUT2D eigenvalue weighted by atomic mass is 32.2. The molecule has 1 aliphatic rings. The summed E-state index contributed by atoms with van der Waals surface area (Å²) in [5, 5.41) is 0. The average Bonchev–Trinajstić information content (AvgIpc) is 2.84. The van der Waals surface area contributed by atoms with Crippen molar-refractivity contribution in [2.45, 2.75) is 19.1 Å². The Hall–Kier alpha value is -1.66. The highest BCUT2D eigenvalue weighted by molar-refractivity contribution is 7.88. The molecule has 19 heavy (non-hydrogen) atoms. The zero-order valence-corrected chi connectivity index (χ0v) is 11.4. The fourth-order valence-electron chi connectivity index (χ4n) is 2.48. The zero-order chi connectivity index (χ0) is 13.5. The molecule has 2 aromatic rings. The lowest BCUT2D eigenvalue weighted by molar-refractivity contribution is 0.245. The van der Waals surface area contributed by atoms with Crippen molar-refractivity contribution in [2.24, 2.45) is 0 Å². The maximum Gasteiger partial charge on any atom is 0.212 e. The number of fused-ring (bicyclic) bond motifs is 1. The first kappa shape index (κ1) is 12.4. The van der Waals surface area contributed by atoms with Crippen LogP contribution in [0, 0.1) is 0 Å². The molecular weight excluding hydrogens is 262 g/mol. The van der Waals surface area contributed by atoms with Gasteiger partial charge in [-0.2, -0.15) is 4.31 Å². The quantitative estimate of drug-likeness (QED) is 0.833. The first-order valence-corrected chi connectivity index (χ1v) is 7.92. The number of benzene rings is 1. The van der Waals surface area contributed by atoms with Crippen LogP contribution in [0.1, 0.15) is 17.4 Å². The SMILES string of the molecule is CS(=O)(=O)N1Cc2nccn2C[C@H]1c1ccccc1. The third-order valence-electron chi connectivity index (χ3n) is 3.43. The Bertz CT molecular complexity index is 679. The van der Waals surface area contributed by atoms with Crippen LogP contribution in [0.5, 0.6) is 0 Å². The van der Waals surface area contributed by atoms with Crippen molar-refractivity contribution in [1.29, 1.82) is 0 Å². The van der Waals surface area contributed by atoms with E-state index in [1.165, 1.54) is 10.6 Å². The lowest BCUT2D eigenvalue weighted by atomic mass is 10.1. The van der Waals surface area contributed by atoms with E-state index in [1.807, 2.05) is 41.1 Å². The minimum atomic E-state index is -3.26. The predicted molar refractivity (Wildman–Crippen MR) is 71.8 cm³/mol. The molecular formula is C13H15N3O2S. The Morgan fingerprint density at radius 1 is 1.26 bits per heavy atom. The van der Waals surface area contributed by atoms with Crippen molar-refractivity contribution < 1.29 is 8.42 Å². The number of imidazole rings is 1. The standard InChI is InChI=1S/C13H15N3O2S/c1-19(17,18)16-10-13-14-7-8-15(13)9-12(16)11-5-3-2-4-6-11/h2-8,12H,9-10H2,1H3/t12-/m0/s1. The van der Waals surface area contributed by atoms with E-state index in [-0.39, 0.29) is 6.04 Å². The number of hydrogen-bond acceptors (Lipinski definition) is 3. The van der Waals surface area contributed by atoms with E-state index < -0.39 is 10.0 Å². The molecule has 0 saturated carbocycles. The van der Waals surface area contributed by atoms with Gasteiger partial charge in [0.15, 0.2) is 0 Å². The summed E-state index contributed by atoms with van der Waals surface area (Å²) in [5.41, 5.74) is 1.01. The van der Waals surface area contributed by atoms with E-state index in [0.29, 0.717) is 13.1 Å². The Balaban J connectivity index is 2.06. The summed E-state index contributed by atoms with van der Waals surface area (Å²) >= 11 is 0. The van der Waals surface area contributed by atoms with Gasteiger partial charge in [0.1, 0.15) is 5.82 Å². The molecule has 2 heterocycles. The highest BCUT2D eigenvalue weighted by Gasteiger charge is 2.33. The van der Waals surface area contributed by atoms with Crippen LogP contribution >= 0.6 is 0 Å². The number of hydrogen-bond donors (Lipinski definition) is 0. The molecule has 0 bridgehead atoms. The van der Waals surface area contributed by atoms with E-state index in [4.69, 9.17) is 0 Å². The van der Waals surface area contributed by atoms with Gasteiger partial charge in [-0.1, -0.05) is 30.3 Å². The number of sulfonamides is 1. The molecule has 1 atom stereocenters. The van der Waals surface area contributed by atoms with E-state index in [2.05, 4.69) is 4.98 Å². The summed E-state index contributed by atoms with van der Waals surface area (Å²) in [6, 6.07) is 9.55. The first-order valence-electron chi connectivity index (χ1n) is 6.07. The van der Waals surface area contributed by atoms with Crippen molar-refractivity contribution in [3.63, 3.8) is 0 Å². The summed E-state index contributed by atoms with van der Waals surface area (Å²) in [6.07, 6.45) is 4.86. The number of nitrogens with zero attached hydrogens (tertiary/aromatic N) is 3. The van der Waals surface area contributed by atoms with Crippen LogP contribution in [-0.2, 0) is 23.1 Å². The second kappa shape index (κ2) is 4.47. The summed E-state index contributed by atoms with van der Waals surface area (Å²) in [7, 11) is -3.26. The van der Waals surface area contributed by atoms with Crippen LogP contribution in [0.2, 0.25) is 0 Å². The van der Waals surface area contributed by atoms with Gasteiger partial charge in [-0.05, 0) is 5.56 Å². The third kappa shape index (κ3) is 2.29. The zero-order valence-electron chi connectivity index (χ0n) is 10.6. The van der Waals surface area contributed by atoms with Gasteiger partial charge in [0.2, 0.25) is 10.0 Å². The van der Waals surface area contributed by atoms with Crippen molar-refractivity contribution in [2.75, 3.05) is 6.26 Å². The maximum atomic E-state index is 12.0. The van der Waals surface area contributed by atoms with Gasteiger partial charge in [0.25, 0.3) is 0 Å². The Morgan fingerprint density at radius 3 is 2.68 bits per heavy atom. The van der Waals surface area contributed by atoms with Crippen molar-refractivity contribution >= 4 is 10.0 Å². The molecule has 1 aromatic carbocycles. The molecule has 0 amide bonds. The van der Waals surface area contributed by atoms with Crippen molar-refractivity contribution in [1.82, 2.24) is 13.9 Å². The predicted octanol–water partition coefficient (Wildman–Crippen LogP) is 1.40. The molecule has 0 unspecified atom stereocenters. The van der Waals surface area contributed by atoms with Crippen molar-refractivity contribution in [3.05, 3.63) is 54.1 Å². The maximum absolute atomic E-state index is 12.0. The molecule has 0 N–H and O–H groups in total. The molecule has 0 saturated heterocycles. The molecule has 100 valence electrons. The normalized spacial score (nSPS) is 20.2. The molecule has 0 radical (unpaired) electrons. The smallest absolute Gasteiger partial charge is 0.212 e. The second-order valence-corrected chi connectivity index (χ2v) is 6.67. The fraction of sp³-hybridized carbons (Fsp3) is 0.308. The first-order chi connectivity index (χ1) is 9.05. The summed E-state index contributed by atoms with van der Waals surface area (Å²) < 4.78 is 27.5. The van der Waals surface area contributed by atoms with Crippen LogP contribution in [0.15, 0.2) is 42.7 Å². The summed E-state index contributed by atoms with van der Waals surface area (Å²) in [6.45, 7) is 0.928. The lowest BCUT2D eigenvalue weighted by Gasteiger charge is -2.34. The fourth-order valence-corrected chi connectivity index (χ4v) is 3.48. The lowest BCUT2D eigenvalue weighted by Crippen LogP contribution is -2.40. The number of rotatable bonds is 2. The van der Waals surface area contributed by atoms with E-state index in [9.17, 15) is 8.42 Å². The second-order valence-electron chi connectivity index (χ2n) is 4.73. The van der Waals surface area contributed by atoms with Crippen LogP contribution in [-0.4, -0.2) is 28.5 Å². The van der Waals surface area contributed by atoms with Crippen LogP contribution in [0.3, 0.4) is 0 Å². The van der Waals surface area contributed by atoms with Gasteiger partial charge in [-0.15, -0.1) is 0 Å². The van der Waals surface area contributed by atoms with Crippen LogP contribution in [0.25, 0.3) is 0 Å². The summed E-state index contributed by atoms with van der Waals surface area (Å²) in [5.74, 6) is 0.789. The Kier molecular flexibility index (Phi) is 2.91. The van der Waals surface area contributed by atoms with Crippen LogP contribution < -0.4 is 0 Å². The Labute approximate surface area is 112 Å². The average molecular weight is 277 g/mol. The molecule has 0 fully saturated rings. The molecule has 0 spiro atoms. The van der Waals surface area contributed by atoms with Gasteiger partial charge in [0.05, 0.1) is 18.8 Å². The topological polar surface area (TPSA) is 55.2 Å². The Morgan fingerprint density at radius 2 is 2.00 bits per heavy atom. The molecule has 6 heteroatoms. The number of aromatic nitrogens is 2. The van der Waals surface area contributed by atoms with Gasteiger partial charge >= 0.3 is 0 Å². The van der Waals surface area contributed by atoms with E-state index in [1.54, 1.807) is 6.20 Å².